The molecular weight excluding hydrogens is 486 g/mol. The summed E-state index contributed by atoms with van der Waals surface area (Å²) in [6.07, 6.45) is 9.51. The maximum absolute atomic E-state index is 13.9. The Labute approximate surface area is 237 Å². The van der Waals surface area contributed by atoms with Crippen molar-refractivity contribution in [3.8, 4) is 0 Å². The van der Waals surface area contributed by atoms with Gasteiger partial charge in [-0.3, -0.25) is 14.4 Å². The van der Waals surface area contributed by atoms with Crippen molar-refractivity contribution in [1.29, 1.82) is 0 Å². The third kappa shape index (κ3) is 9.08. The van der Waals surface area contributed by atoms with E-state index in [-0.39, 0.29) is 35.0 Å². The second kappa shape index (κ2) is 12.9. The summed E-state index contributed by atoms with van der Waals surface area (Å²) in [5, 5.41) is 6.20. The van der Waals surface area contributed by atoms with Crippen LogP contribution < -0.4 is 15.5 Å². The van der Waals surface area contributed by atoms with Crippen molar-refractivity contribution in [3.63, 3.8) is 0 Å². The maximum Gasteiger partial charge on any atom is 0.230 e. The molecule has 0 radical (unpaired) electrons. The fourth-order valence-electron chi connectivity index (χ4n) is 6.24. The summed E-state index contributed by atoms with van der Waals surface area (Å²) in [6, 6.07) is 5.62. The lowest BCUT2D eigenvalue weighted by Crippen LogP contribution is -2.49. The van der Waals surface area contributed by atoms with Crippen molar-refractivity contribution < 1.29 is 14.4 Å². The average Bonchev–Trinajstić information content (AvgIpc) is 2.82. The summed E-state index contributed by atoms with van der Waals surface area (Å²) in [4.78, 5) is 42.0. The first-order valence-electron chi connectivity index (χ1n) is 15.2. The van der Waals surface area contributed by atoms with Gasteiger partial charge in [-0.15, -0.1) is 0 Å². The zero-order valence-electron chi connectivity index (χ0n) is 25.8. The van der Waals surface area contributed by atoms with Gasteiger partial charge in [0.1, 0.15) is 0 Å². The molecule has 0 aromatic heterocycles. The molecule has 1 aromatic rings. The molecule has 0 bridgehead atoms. The van der Waals surface area contributed by atoms with Crippen LogP contribution in [0.2, 0.25) is 0 Å². The minimum atomic E-state index is -0.459. The molecular formula is C33H53N3O3. The molecule has 0 atom stereocenters. The molecule has 2 saturated carbocycles. The summed E-state index contributed by atoms with van der Waals surface area (Å²) in [6.45, 7) is 16.8. The van der Waals surface area contributed by atoms with Gasteiger partial charge in [-0.1, -0.05) is 53.9 Å². The van der Waals surface area contributed by atoms with Crippen molar-refractivity contribution >= 4 is 34.8 Å². The molecule has 6 heteroatoms. The Balaban J connectivity index is 1.91. The van der Waals surface area contributed by atoms with E-state index in [1.165, 1.54) is 6.42 Å². The van der Waals surface area contributed by atoms with E-state index in [1.54, 1.807) is 0 Å². The SMILES string of the molecule is CC(C)C1CCC(C(=O)Nc2cc(NC(=O)CC(C)(C)C)cc(N(C(=O)C3CCCCC3)C(C)(C)C)c2)CC1. The van der Waals surface area contributed by atoms with E-state index in [4.69, 9.17) is 0 Å². The lowest BCUT2D eigenvalue weighted by molar-refractivity contribution is -0.124. The topological polar surface area (TPSA) is 78.5 Å². The van der Waals surface area contributed by atoms with Gasteiger partial charge in [0.2, 0.25) is 17.7 Å². The fourth-order valence-corrected chi connectivity index (χ4v) is 6.24. The largest absolute Gasteiger partial charge is 0.326 e. The number of amides is 3. The first kappa shape index (κ1) is 31.2. The van der Waals surface area contributed by atoms with Crippen LogP contribution in [0, 0.1) is 29.1 Å². The van der Waals surface area contributed by atoms with E-state index in [1.807, 2.05) is 64.6 Å². The van der Waals surface area contributed by atoms with Crippen LogP contribution in [0.1, 0.15) is 120 Å². The fraction of sp³-hybridized carbons (Fsp3) is 0.727. The van der Waals surface area contributed by atoms with Crippen LogP contribution in [0.15, 0.2) is 18.2 Å². The summed E-state index contributed by atoms with van der Waals surface area (Å²) in [5.41, 5.74) is 1.33. The van der Waals surface area contributed by atoms with E-state index < -0.39 is 5.54 Å². The Bertz CT molecular complexity index is 1000. The molecule has 3 amide bonds. The summed E-state index contributed by atoms with van der Waals surface area (Å²) < 4.78 is 0. The van der Waals surface area contributed by atoms with Crippen molar-refractivity contribution in [2.75, 3.05) is 15.5 Å². The Morgan fingerprint density at radius 1 is 0.795 bits per heavy atom. The molecule has 218 valence electrons. The predicted molar refractivity (Wildman–Crippen MR) is 162 cm³/mol. The van der Waals surface area contributed by atoms with Gasteiger partial charge >= 0.3 is 0 Å². The van der Waals surface area contributed by atoms with Crippen LogP contribution in [-0.4, -0.2) is 23.3 Å². The van der Waals surface area contributed by atoms with E-state index in [0.717, 1.165) is 51.4 Å². The van der Waals surface area contributed by atoms with Crippen molar-refractivity contribution in [3.05, 3.63) is 18.2 Å². The molecule has 2 N–H and O–H groups in total. The van der Waals surface area contributed by atoms with Gasteiger partial charge < -0.3 is 15.5 Å². The molecule has 0 spiro atoms. The zero-order valence-corrected chi connectivity index (χ0v) is 25.8. The van der Waals surface area contributed by atoms with Crippen molar-refractivity contribution in [2.45, 2.75) is 125 Å². The number of rotatable bonds is 7. The van der Waals surface area contributed by atoms with Crippen molar-refractivity contribution in [2.24, 2.45) is 29.1 Å². The molecule has 0 aliphatic heterocycles. The number of nitrogens with one attached hydrogen (secondary N) is 2. The predicted octanol–water partition coefficient (Wildman–Crippen LogP) is 8.17. The number of hydrogen-bond acceptors (Lipinski definition) is 3. The van der Waals surface area contributed by atoms with E-state index >= 15 is 0 Å². The summed E-state index contributed by atoms with van der Waals surface area (Å²) in [5.74, 6) is 1.41. The second-order valence-electron chi connectivity index (χ2n) is 14.6. The standard InChI is InChI=1S/C33H53N3O3/c1-22(2)23-14-16-24(17-15-23)30(38)35-27-18-26(34-29(37)21-32(3,4)5)19-28(20-27)36(33(6,7)8)31(39)25-12-10-9-11-13-25/h18-20,22-25H,9-17,21H2,1-8H3,(H,34,37)(H,35,38). The van der Waals surface area contributed by atoms with Gasteiger partial charge in [0.25, 0.3) is 0 Å². The molecule has 2 fully saturated rings. The van der Waals surface area contributed by atoms with Crippen LogP contribution in [-0.2, 0) is 14.4 Å². The summed E-state index contributed by atoms with van der Waals surface area (Å²) in [7, 11) is 0. The lowest BCUT2D eigenvalue weighted by Gasteiger charge is -2.39. The second-order valence-corrected chi connectivity index (χ2v) is 14.6. The molecule has 3 rings (SSSR count). The van der Waals surface area contributed by atoms with E-state index in [9.17, 15) is 14.4 Å². The molecule has 0 unspecified atom stereocenters. The molecule has 2 aliphatic rings. The first-order valence-corrected chi connectivity index (χ1v) is 15.2. The highest BCUT2D eigenvalue weighted by Crippen LogP contribution is 2.37. The molecule has 0 saturated heterocycles. The lowest BCUT2D eigenvalue weighted by atomic mass is 9.76. The quantitative estimate of drug-likeness (QED) is 0.367. The van der Waals surface area contributed by atoms with E-state index in [0.29, 0.717) is 35.3 Å². The van der Waals surface area contributed by atoms with Gasteiger partial charge in [0.05, 0.1) is 0 Å². The number of nitrogens with zero attached hydrogens (tertiary/aromatic N) is 1. The molecule has 0 heterocycles. The number of anilines is 3. The molecule has 6 nitrogen and oxygen atoms in total. The Kier molecular flexibility index (Phi) is 10.3. The smallest absolute Gasteiger partial charge is 0.230 e. The average molecular weight is 540 g/mol. The van der Waals surface area contributed by atoms with Crippen molar-refractivity contribution in [1.82, 2.24) is 0 Å². The summed E-state index contributed by atoms with van der Waals surface area (Å²) >= 11 is 0. The Morgan fingerprint density at radius 2 is 1.36 bits per heavy atom. The Morgan fingerprint density at radius 3 is 1.87 bits per heavy atom. The number of carbonyl (C=O) groups is 3. The normalized spacial score (nSPS) is 20.9. The first-order chi connectivity index (χ1) is 18.1. The molecule has 1 aromatic carbocycles. The molecule has 2 aliphatic carbocycles. The van der Waals surface area contributed by atoms with E-state index in [2.05, 4.69) is 24.5 Å². The van der Waals surface area contributed by atoms with Gasteiger partial charge in [-0.05, 0) is 94.7 Å². The van der Waals surface area contributed by atoms with Crippen LogP contribution in [0.4, 0.5) is 17.1 Å². The van der Waals surface area contributed by atoms with Gasteiger partial charge in [-0.2, -0.15) is 0 Å². The van der Waals surface area contributed by atoms with Crippen LogP contribution >= 0.6 is 0 Å². The molecule has 39 heavy (non-hydrogen) atoms. The highest BCUT2D eigenvalue weighted by molar-refractivity contribution is 6.00. The van der Waals surface area contributed by atoms with Gasteiger partial charge in [0, 0.05) is 40.9 Å². The highest BCUT2D eigenvalue weighted by Gasteiger charge is 2.34. The zero-order chi connectivity index (χ0) is 29.0. The third-order valence-corrected chi connectivity index (χ3v) is 8.35. The maximum atomic E-state index is 13.9. The highest BCUT2D eigenvalue weighted by atomic mass is 16.2. The van der Waals surface area contributed by atoms with Crippen LogP contribution in [0.3, 0.4) is 0 Å². The van der Waals surface area contributed by atoms with Crippen LogP contribution in [0.25, 0.3) is 0 Å². The van der Waals surface area contributed by atoms with Crippen LogP contribution in [0.5, 0.6) is 0 Å². The van der Waals surface area contributed by atoms with Gasteiger partial charge in [-0.25, -0.2) is 0 Å². The number of hydrogen-bond donors (Lipinski definition) is 2. The minimum Gasteiger partial charge on any atom is -0.326 e. The minimum absolute atomic E-state index is 0.00583. The number of benzene rings is 1. The third-order valence-electron chi connectivity index (χ3n) is 8.35. The number of carbonyl (C=O) groups excluding carboxylic acids is 3. The monoisotopic (exact) mass is 539 g/mol. The van der Waals surface area contributed by atoms with Gasteiger partial charge in [0.15, 0.2) is 0 Å². The Hall–Kier alpha value is -2.37.